The van der Waals surface area contributed by atoms with Gasteiger partial charge in [0.1, 0.15) is 0 Å². The number of nitrogens with zero attached hydrogens (tertiary/aromatic N) is 1. The van der Waals surface area contributed by atoms with Crippen molar-refractivity contribution in [3.8, 4) is 0 Å². The highest BCUT2D eigenvalue weighted by atomic mass is 16.5. The summed E-state index contributed by atoms with van der Waals surface area (Å²) in [4.78, 5) is 38.4. The SMILES string of the molecule is CCOC(=O)c1ccc(NC(=O)NCCN(C(=O)Nc2ccccc2)c2ccccc2)cc1. The fourth-order valence-corrected chi connectivity index (χ4v) is 3.03. The minimum atomic E-state index is -0.421. The summed E-state index contributed by atoms with van der Waals surface area (Å²) >= 11 is 0. The Balaban J connectivity index is 1.55. The first kappa shape index (κ1) is 23.3. The van der Waals surface area contributed by atoms with Crippen molar-refractivity contribution < 1.29 is 19.1 Å². The average Bonchev–Trinajstić information content (AvgIpc) is 2.83. The molecular formula is C25H26N4O4. The number of carbonyl (C=O) groups excluding carboxylic acids is 3. The van der Waals surface area contributed by atoms with Crippen LogP contribution in [0.1, 0.15) is 17.3 Å². The number of hydrogen-bond acceptors (Lipinski definition) is 4. The first-order valence-corrected chi connectivity index (χ1v) is 10.6. The van der Waals surface area contributed by atoms with Crippen molar-refractivity contribution in [3.63, 3.8) is 0 Å². The zero-order chi connectivity index (χ0) is 23.5. The summed E-state index contributed by atoms with van der Waals surface area (Å²) in [5.74, 6) is -0.414. The number of esters is 1. The Morgan fingerprint density at radius 3 is 2.03 bits per heavy atom. The first-order chi connectivity index (χ1) is 16.1. The van der Waals surface area contributed by atoms with Gasteiger partial charge in [-0.3, -0.25) is 4.90 Å². The smallest absolute Gasteiger partial charge is 0.338 e. The normalized spacial score (nSPS) is 10.1. The fraction of sp³-hybridized carbons (Fsp3) is 0.160. The van der Waals surface area contributed by atoms with Crippen molar-refractivity contribution in [2.75, 3.05) is 35.2 Å². The number of rotatable bonds is 8. The molecule has 0 fully saturated rings. The molecule has 3 N–H and O–H groups in total. The van der Waals surface area contributed by atoms with Gasteiger partial charge in [0, 0.05) is 30.2 Å². The van der Waals surface area contributed by atoms with Gasteiger partial charge in [0.2, 0.25) is 0 Å². The monoisotopic (exact) mass is 446 g/mol. The van der Waals surface area contributed by atoms with Crippen LogP contribution in [0.2, 0.25) is 0 Å². The largest absolute Gasteiger partial charge is 0.462 e. The molecule has 8 heteroatoms. The Kier molecular flexibility index (Phi) is 8.41. The lowest BCUT2D eigenvalue weighted by atomic mass is 10.2. The zero-order valence-electron chi connectivity index (χ0n) is 18.3. The predicted octanol–water partition coefficient (Wildman–Crippen LogP) is 4.72. The van der Waals surface area contributed by atoms with Crippen LogP contribution in [0, 0.1) is 0 Å². The molecule has 3 aromatic rings. The highest BCUT2D eigenvalue weighted by Gasteiger charge is 2.16. The molecule has 170 valence electrons. The molecule has 0 aliphatic heterocycles. The van der Waals surface area contributed by atoms with Crippen LogP contribution in [0.4, 0.5) is 26.7 Å². The van der Waals surface area contributed by atoms with E-state index in [1.54, 1.807) is 48.2 Å². The van der Waals surface area contributed by atoms with E-state index in [-0.39, 0.29) is 19.1 Å². The second-order valence-corrected chi connectivity index (χ2v) is 6.96. The first-order valence-electron chi connectivity index (χ1n) is 10.6. The molecule has 3 rings (SSSR count). The standard InChI is InChI=1S/C25H26N4O4/c1-2-33-23(30)19-13-15-21(16-14-19)27-24(31)26-17-18-29(22-11-7-4-8-12-22)25(32)28-20-9-5-3-6-10-20/h3-16H,2,17-18H2,1H3,(H,28,32)(H2,26,27,31). The predicted molar refractivity (Wildman–Crippen MR) is 129 cm³/mol. The van der Waals surface area contributed by atoms with Crippen LogP contribution in [0.5, 0.6) is 0 Å². The van der Waals surface area contributed by atoms with E-state index in [2.05, 4.69) is 16.0 Å². The quantitative estimate of drug-likeness (QED) is 0.436. The van der Waals surface area contributed by atoms with Crippen LogP contribution in [0.3, 0.4) is 0 Å². The van der Waals surface area contributed by atoms with Crippen LogP contribution < -0.4 is 20.9 Å². The number of carbonyl (C=O) groups is 3. The van der Waals surface area contributed by atoms with Gasteiger partial charge in [0.25, 0.3) is 0 Å². The van der Waals surface area contributed by atoms with E-state index in [0.717, 1.165) is 0 Å². The molecule has 0 spiro atoms. The minimum Gasteiger partial charge on any atom is -0.462 e. The molecule has 0 bridgehead atoms. The Bertz CT molecular complexity index is 1060. The molecule has 0 unspecified atom stereocenters. The number of amides is 4. The highest BCUT2D eigenvalue weighted by Crippen LogP contribution is 2.15. The van der Waals surface area contributed by atoms with Gasteiger partial charge in [-0.15, -0.1) is 0 Å². The molecular weight excluding hydrogens is 420 g/mol. The third-order valence-corrected chi connectivity index (χ3v) is 4.61. The second-order valence-electron chi connectivity index (χ2n) is 6.96. The zero-order valence-corrected chi connectivity index (χ0v) is 18.3. The average molecular weight is 447 g/mol. The maximum absolute atomic E-state index is 12.9. The maximum Gasteiger partial charge on any atom is 0.338 e. The molecule has 33 heavy (non-hydrogen) atoms. The molecule has 0 radical (unpaired) electrons. The molecule has 0 aliphatic carbocycles. The van der Waals surface area contributed by atoms with Gasteiger partial charge in [-0.1, -0.05) is 36.4 Å². The van der Waals surface area contributed by atoms with Crippen LogP contribution in [0.25, 0.3) is 0 Å². The van der Waals surface area contributed by atoms with Crippen LogP contribution in [-0.2, 0) is 4.74 Å². The summed E-state index contributed by atoms with van der Waals surface area (Å²) in [5.41, 5.74) is 2.33. The number of ether oxygens (including phenoxy) is 1. The second kappa shape index (κ2) is 11.9. The fourth-order valence-electron chi connectivity index (χ4n) is 3.03. The molecule has 0 heterocycles. The van der Waals surface area contributed by atoms with Crippen LogP contribution in [0.15, 0.2) is 84.9 Å². The van der Waals surface area contributed by atoms with Crippen molar-refractivity contribution in [2.45, 2.75) is 6.92 Å². The number of para-hydroxylation sites is 2. The van der Waals surface area contributed by atoms with E-state index in [1.165, 1.54) is 0 Å². The van der Waals surface area contributed by atoms with Gasteiger partial charge in [0.15, 0.2) is 0 Å². The van der Waals surface area contributed by atoms with E-state index < -0.39 is 12.0 Å². The number of nitrogens with one attached hydrogen (secondary N) is 3. The van der Waals surface area contributed by atoms with Gasteiger partial charge in [-0.05, 0) is 55.5 Å². The van der Waals surface area contributed by atoms with Crippen molar-refractivity contribution in [3.05, 3.63) is 90.5 Å². The van der Waals surface area contributed by atoms with Gasteiger partial charge >= 0.3 is 18.0 Å². The number of urea groups is 2. The summed E-state index contributed by atoms with van der Waals surface area (Å²) in [7, 11) is 0. The Morgan fingerprint density at radius 1 is 0.788 bits per heavy atom. The Labute approximate surface area is 192 Å². The number of benzene rings is 3. The molecule has 0 saturated heterocycles. The Hall–Kier alpha value is -4.33. The van der Waals surface area contributed by atoms with Crippen molar-refractivity contribution in [2.24, 2.45) is 0 Å². The number of anilines is 3. The summed E-state index contributed by atoms with van der Waals surface area (Å²) in [5, 5.41) is 8.31. The van der Waals surface area contributed by atoms with E-state index >= 15 is 0 Å². The molecule has 3 aromatic carbocycles. The van der Waals surface area contributed by atoms with E-state index in [4.69, 9.17) is 4.74 Å². The molecule has 4 amide bonds. The van der Waals surface area contributed by atoms with E-state index in [1.807, 2.05) is 48.5 Å². The molecule has 0 atom stereocenters. The van der Waals surface area contributed by atoms with Crippen molar-refractivity contribution in [1.82, 2.24) is 5.32 Å². The van der Waals surface area contributed by atoms with Crippen molar-refractivity contribution >= 4 is 35.1 Å². The topological polar surface area (TPSA) is 99.8 Å². The van der Waals surface area contributed by atoms with E-state index in [0.29, 0.717) is 29.2 Å². The van der Waals surface area contributed by atoms with Crippen LogP contribution >= 0.6 is 0 Å². The van der Waals surface area contributed by atoms with Gasteiger partial charge in [-0.25, -0.2) is 14.4 Å². The lowest BCUT2D eigenvalue weighted by Gasteiger charge is -2.23. The third-order valence-electron chi connectivity index (χ3n) is 4.61. The van der Waals surface area contributed by atoms with E-state index in [9.17, 15) is 14.4 Å². The third kappa shape index (κ3) is 7.10. The maximum atomic E-state index is 12.9. The summed E-state index contributed by atoms with van der Waals surface area (Å²) in [6.07, 6.45) is 0. The van der Waals surface area contributed by atoms with Crippen molar-refractivity contribution in [1.29, 1.82) is 0 Å². The lowest BCUT2D eigenvalue weighted by molar-refractivity contribution is 0.0526. The molecule has 8 nitrogen and oxygen atoms in total. The van der Waals surface area contributed by atoms with Crippen LogP contribution in [-0.4, -0.2) is 37.7 Å². The summed E-state index contributed by atoms with van der Waals surface area (Å²) in [6.45, 7) is 2.52. The highest BCUT2D eigenvalue weighted by molar-refractivity contribution is 6.01. The summed E-state index contributed by atoms with van der Waals surface area (Å²) < 4.78 is 4.94. The van der Waals surface area contributed by atoms with Gasteiger partial charge in [-0.2, -0.15) is 0 Å². The molecule has 0 aromatic heterocycles. The minimum absolute atomic E-state index is 0.226. The Morgan fingerprint density at radius 2 is 1.39 bits per heavy atom. The van der Waals surface area contributed by atoms with Gasteiger partial charge in [0.05, 0.1) is 12.2 Å². The summed E-state index contributed by atoms with van der Waals surface area (Å²) in [6, 6.07) is 24.1. The number of hydrogen-bond donors (Lipinski definition) is 3. The van der Waals surface area contributed by atoms with Gasteiger partial charge < -0.3 is 20.7 Å². The molecule has 0 aliphatic rings. The molecule has 0 saturated carbocycles. The lowest BCUT2D eigenvalue weighted by Crippen LogP contribution is -2.42.